The van der Waals surface area contributed by atoms with Crippen molar-refractivity contribution in [2.45, 2.75) is 59.2 Å². The third kappa shape index (κ3) is 2.75. The van der Waals surface area contributed by atoms with E-state index in [-0.39, 0.29) is 11.1 Å². The Morgan fingerprint density at radius 1 is 1.40 bits per heavy atom. The fourth-order valence-corrected chi connectivity index (χ4v) is 2.88. The fourth-order valence-electron chi connectivity index (χ4n) is 2.88. The molecule has 1 aliphatic rings. The first-order chi connectivity index (χ1) is 9.58. The Balaban J connectivity index is 2.32. The number of nitriles is 1. The molecule has 2 rings (SSSR count). The van der Waals surface area contributed by atoms with Crippen LogP contribution in [0.5, 0.6) is 0 Å². The predicted molar refractivity (Wildman–Crippen MR) is 77.3 cm³/mol. The molecule has 1 saturated heterocycles. The van der Waals surface area contributed by atoms with Crippen LogP contribution in [0.3, 0.4) is 0 Å². The predicted octanol–water partition coefficient (Wildman–Crippen LogP) is 1.95. The van der Waals surface area contributed by atoms with Crippen molar-refractivity contribution in [2.24, 2.45) is 0 Å². The van der Waals surface area contributed by atoms with Crippen LogP contribution in [0.15, 0.2) is 4.79 Å². The number of rotatable bonds is 3. The summed E-state index contributed by atoms with van der Waals surface area (Å²) < 4.78 is 1.45. The van der Waals surface area contributed by atoms with E-state index in [9.17, 15) is 4.79 Å². The maximum atomic E-state index is 12.3. The summed E-state index contributed by atoms with van der Waals surface area (Å²) in [7, 11) is 0. The standard InChI is InChI=1S/C15H22N4O/c1-4-13-7-5-6-8-18(13)10-19-15(20)14(9-16)11(2)12(3)17-19/h13H,4-8,10H2,1-3H3/t13-/m0/s1. The molecule has 0 unspecified atom stereocenters. The molecule has 0 aromatic carbocycles. The Bertz CT molecular complexity index is 585. The van der Waals surface area contributed by atoms with Crippen molar-refractivity contribution < 1.29 is 0 Å². The summed E-state index contributed by atoms with van der Waals surface area (Å²) in [6.45, 7) is 7.30. The summed E-state index contributed by atoms with van der Waals surface area (Å²) >= 11 is 0. The highest BCUT2D eigenvalue weighted by molar-refractivity contribution is 5.36. The third-order valence-electron chi connectivity index (χ3n) is 4.28. The van der Waals surface area contributed by atoms with Crippen LogP contribution < -0.4 is 5.56 Å². The van der Waals surface area contributed by atoms with E-state index in [1.807, 2.05) is 13.0 Å². The van der Waals surface area contributed by atoms with Gasteiger partial charge in [-0.25, -0.2) is 4.68 Å². The lowest BCUT2D eigenvalue weighted by Crippen LogP contribution is -2.43. The molecule has 5 nitrogen and oxygen atoms in total. The van der Waals surface area contributed by atoms with Crippen molar-refractivity contribution in [1.29, 1.82) is 5.26 Å². The number of piperidine rings is 1. The van der Waals surface area contributed by atoms with Crippen LogP contribution in [0.25, 0.3) is 0 Å². The summed E-state index contributed by atoms with van der Waals surface area (Å²) in [6.07, 6.45) is 4.70. The van der Waals surface area contributed by atoms with E-state index in [0.29, 0.717) is 18.3 Å². The number of hydrogen-bond acceptors (Lipinski definition) is 4. The Labute approximate surface area is 119 Å². The first-order valence-electron chi connectivity index (χ1n) is 7.31. The van der Waals surface area contributed by atoms with Crippen LogP contribution in [0.2, 0.25) is 0 Å². The lowest BCUT2D eigenvalue weighted by molar-refractivity contribution is 0.0984. The van der Waals surface area contributed by atoms with Gasteiger partial charge in [-0.05, 0) is 38.7 Å². The van der Waals surface area contributed by atoms with Gasteiger partial charge in [0.25, 0.3) is 5.56 Å². The smallest absolute Gasteiger partial charge is 0.281 e. The number of hydrogen-bond donors (Lipinski definition) is 0. The summed E-state index contributed by atoms with van der Waals surface area (Å²) in [5.74, 6) is 0. The van der Waals surface area contributed by atoms with Crippen molar-refractivity contribution in [3.63, 3.8) is 0 Å². The molecule has 20 heavy (non-hydrogen) atoms. The van der Waals surface area contributed by atoms with E-state index >= 15 is 0 Å². The van der Waals surface area contributed by atoms with Gasteiger partial charge >= 0.3 is 0 Å². The molecule has 1 fully saturated rings. The molecular formula is C15H22N4O. The second-order valence-corrected chi connectivity index (χ2v) is 5.51. The molecular weight excluding hydrogens is 252 g/mol. The van der Waals surface area contributed by atoms with E-state index in [1.165, 1.54) is 23.9 Å². The topological polar surface area (TPSA) is 61.9 Å². The van der Waals surface area contributed by atoms with Gasteiger partial charge in [0.05, 0.1) is 12.4 Å². The lowest BCUT2D eigenvalue weighted by Gasteiger charge is -2.35. The Morgan fingerprint density at radius 2 is 2.15 bits per heavy atom. The van der Waals surface area contributed by atoms with E-state index < -0.39 is 0 Å². The molecule has 0 saturated carbocycles. The Kier molecular flexibility index (Phi) is 4.56. The molecule has 0 bridgehead atoms. The van der Waals surface area contributed by atoms with Crippen molar-refractivity contribution in [3.8, 4) is 6.07 Å². The van der Waals surface area contributed by atoms with Crippen LogP contribution >= 0.6 is 0 Å². The Hall–Kier alpha value is -1.67. The van der Waals surface area contributed by atoms with Crippen LogP contribution in [0.4, 0.5) is 0 Å². The van der Waals surface area contributed by atoms with Gasteiger partial charge in [-0.3, -0.25) is 9.69 Å². The van der Waals surface area contributed by atoms with Crippen LogP contribution in [0.1, 0.15) is 49.4 Å². The normalized spacial score (nSPS) is 19.8. The van der Waals surface area contributed by atoms with E-state index in [1.54, 1.807) is 6.92 Å². The van der Waals surface area contributed by atoms with Gasteiger partial charge in [0.2, 0.25) is 0 Å². The van der Waals surface area contributed by atoms with Crippen molar-refractivity contribution in [1.82, 2.24) is 14.7 Å². The molecule has 2 heterocycles. The van der Waals surface area contributed by atoms with Crippen molar-refractivity contribution in [3.05, 3.63) is 27.2 Å². The molecule has 1 aromatic heterocycles. The van der Waals surface area contributed by atoms with E-state index in [4.69, 9.17) is 5.26 Å². The van der Waals surface area contributed by atoms with Crippen molar-refractivity contribution in [2.75, 3.05) is 6.54 Å². The van der Waals surface area contributed by atoms with Crippen LogP contribution in [0, 0.1) is 25.2 Å². The summed E-state index contributed by atoms with van der Waals surface area (Å²) in [4.78, 5) is 14.6. The first-order valence-corrected chi connectivity index (χ1v) is 7.31. The molecule has 0 aliphatic carbocycles. The molecule has 1 aliphatic heterocycles. The average molecular weight is 274 g/mol. The van der Waals surface area contributed by atoms with Crippen LogP contribution in [-0.4, -0.2) is 27.3 Å². The molecule has 0 radical (unpaired) electrons. The van der Waals surface area contributed by atoms with Gasteiger partial charge in [-0.1, -0.05) is 13.3 Å². The number of likely N-dealkylation sites (tertiary alicyclic amines) is 1. The van der Waals surface area contributed by atoms with Crippen molar-refractivity contribution >= 4 is 0 Å². The van der Waals surface area contributed by atoms with Gasteiger partial charge in [0, 0.05) is 12.6 Å². The third-order valence-corrected chi connectivity index (χ3v) is 4.28. The van der Waals surface area contributed by atoms with Gasteiger partial charge < -0.3 is 0 Å². The minimum atomic E-state index is -0.268. The van der Waals surface area contributed by atoms with Gasteiger partial charge in [0.1, 0.15) is 11.6 Å². The zero-order chi connectivity index (χ0) is 14.7. The zero-order valence-electron chi connectivity index (χ0n) is 12.5. The zero-order valence-corrected chi connectivity index (χ0v) is 12.5. The van der Waals surface area contributed by atoms with E-state index in [0.717, 1.165) is 18.7 Å². The highest BCUT2D eigenvalue weighted by Crippen LogP contribution is 2.19. The average Bonchev–Trinajstić information content (AvgIpc) is 2.46. The molecule has 5 heteroatoms. The minimum Gasteiger partial charge on any atom is -0.281 e. The fraction of sp³-hybridized carbons (Fsp3) is 0.667. The number of nitrogens with zero attached hydrogens (tertiary/aromatic N) is 4. The molecule has 0 N–H and O–H groups in total. The lowest BCUT2D eigenvalue weighted by atomic mass is 10.0. The quantitative estimate of drug-likeness (QED) is 0.845. The summed E-state index contributed by atoms with van der Waals surface area (Å²) in [5.41, 5.74) is 1.41. The maximum absolute atomic E-state index is 12.3. The van der Waals surface area contributed by atoms with Crippen LogP contribution in [-0.2, 0) is 6.67 Å². The molecule has 0 spiro atoms. The van der Waals surface area contributed by atoms with Gasteiger partial charge in [-0.2, -0.15) is 10.4 Å². The summed E-state index contributed by atoms with van der Waals surface area (Å²) in [6, 6.07) is 2.53. The molecule has 1 atom stereocenters. The first kappa shape index (κ1) is 14.7. The second kappa shape index (κ2) is 6.19. The second-order valence-electron chi connectivity index (χ2n) is 5.51. The maximum Gasteiger partial charge on any atom is 0.286 e. The van der Waals surface area contributed by atoms with E-state index in [2.05, 4.69) is 16.9 Å². The number of aromatic nitrogens is 2. The highest BCUT2D eigenvalue weighted by atomic mass is 16.1. The SMILES string of the molecule is CC[C@H]1CCCCN1Cn1nc(C)c(C)c(C#N)c1=O. The molecule has 0 amide bonds. The largest absolute Gasteiger partial charge is 0.286 e. The van der Waals surface area contributed by atoms with Gasteiger partial charge in [0.15, 0.2) is 0 Å². The number of aryl methyl sites for hydroxylation is 1. The Morgan fingerprint density at radius 3 is 2.80 bits per heavy atom. The monoisotopic (exact) mass is 274 g/mol. The minimum absolute atomic E-state index is 0.225. The molecule has 108 valence electrons. The highest BCUT2D eigenvalue weighted by Gasteiger charge is 2.22. The molecule has 1 aromatic rings. The van der Waals surface area contributed by atoms with Gasteiger partial charge in [-0.15, -0.1) is 0 Å². The summed E-state index contributed by atoms with van der Waals surface area (Å²) in [5, 5.41) is 13.5.